The van der Waals surface area contributed by atoms with Crippen molar-refractivity contribution in [1.82, 2.24) is 24.9 Å². The summed E-state index contributed by atoms with van der Waals surface area (Å²) in [5, 5.41) is 5.28. The van der Waals surface area contributed by atoms with Crippen molar-refractivity contribution in [3.63, 3.8) is 0 Å². The van der Waals surface area contributed by atoms with Crippen LogP contribution in [-0.4, -0.2) is 51.1 Å². The Hall–Kier alpha value is -3.66. The zero-order valence-corrected chi connectivity index (χ0v) is 16.3. The predicted octanol–water partition coefficient (Wildman–Crippen LogP) is 1.71. The Balaban J connectivity index is 1.51. The number of nitrogens with two attached hydrogens (primary N) is 2. The topological polar surface area (TPSA) is 144 Å². The molecule has 4 heterocycles. The quantitative estimate of drug-likeness (QED) is 0.400. The van der Waals surface area contributed by atoms with Crippen LogP contribution >= 0.6 is 0 Å². The van der Waals surface area contributed by atoms with E-state index in [2.05, 4.69) is 36.2 Å². The molecular formula is C20H21N9O. The van der Waals surface area contributed by atoms with Crippen LogP contribution in [0.15, 0.2) is 30.6 Å². The SMILES string of the molecule is CNc1cccc2c1[nH]c1nc(Oc3cnc(N)nc3)nc(N3CC4C(N)C4C3)c12. The first-order valence-electron chi connectivity index (χ1n) is 9.88. The van der Waals surface area contributed by atoms with E-state index in [0.29, 0.717) is 29.3 Å². The Bertz CT molecular complexity index is 1260. The van der Waals surface area contributed by atoms with Gasteiger partial charge in [0.2, 0.25) is 5.95 Å². The third kappa shape index (κ3) is 2.53. The Morgan fingerprint density at radius 2 is 1.93 bits per heavy atom. The van der Waals surface area contributed by atoms with Crippen LogP contribution in [0, 0.1) is 11.8 Å². The van der Waals surface area contributed by atoms with Crippen molar-refractivity contribution in [2.45, 2.75) is 6.04 Å². The van der Waals surface area contributed by atoms with Crippen LogP contribution in [0.5, 0.6) is 11.8 Å². The molecule has 1 aromatic carbocycles. The molecule has 10 nitrogen and oxygen atoms in total. The van der Waals surface area contributed by atoms with E-state index in [-0.39, 0.29) is 12.0 Å². The average Bonchev–Trinajstić information content (AvgIpc) is 3.13. The van der Waals surface area contributed by atoms with Gasteiger partial charge in [-0.1, -0.05) is 12.1 Å². The highest BCUT2D eigenvalue weighted by Gasteiger charge is 2.54. The number of nitrogens with zero attached hydrogens (tertiary/aromatic N) is 5. The molecule has 1 saturated heterocycles. The van der Waals surface area contributed by atoms with Gasteiger partial charge in [0.1, 0.15) is 11.5 Å². The van der Waals surface area contributed by atoms with Gasteiger partial charge in [-0.3, -0.25) is 0 Å². The number of para-hydroxylation sites is 1. The van der Waals surface area contributed by atoms with E-state index in [4.69, 9.17) is 21.2 Å². The van der Waals surface area contributed by atoms with Crippen LogP contribution < -0.4 is 26.4 Å². The molecule has 1 saturated carbocycles. The Labute approximate surface area is 171 Å². The van der Waals surface area contributed by atoms with Crippen molar-refractivity contribution >= 4 is 39.4 Å². The van der Waals surface area contributed by atoms with Crippen molar-refractivity contribution in [2.24, 2.45) is 17.6 Å². The Morgan fingerprint density at radius 3 is 2.67 bits per heavy atom. The molecule has 6 N–H and O–H groups in total. The van der Waals surface area contributed by atoms with Gasteiger partial charge in [0, 0.05) is 31.6 Å². The second-order valence-corrected chi connectivity index (χ2v) is 7.85. The standard InChI is InChI=1S/C20H21N9O/c1-23-13-4-2-3-10-14-17(26-16(10)13)27-20(30-9-5-24-19(22)25-6-9)28-18(14)29-7-11-12(8-29)15(11)21/h2-6,11-12,15,23H,7-8,21H2,1H3,(H2,22,24,25)(H,26,27,28). The molecule has 2 aliphatic rings. The third-order valence-electron chi connectivity index (χ3n) is 6.13. The number of aromatic nitrogens is 5. The summed E-state index contributed by atoms with van der Waals surface area (Å²) in [5.74, 6) is 2.52. The van der Waals surface area contributed by atoms with E-state index in [0.717, 1.165) is 40.9 Å². The highest BCUT2D eigenvalue weighted by molar-refractivity contribution is 6.14. The molecule has 2 unspecified atom stereocenters. The number of piperidine rings is 1. The number of H-pyrrole nitrogens is 1. The normalized spacial score (nSPS) is 22.5. The van der Waals surface area contributed by atoms with Gasteiger partial charge >= 0.3 is 6.01 Å². The van der Waals surface area contributed by atoms with Crippen LogP contribution in [0.2, 0.25) is 0 Å². The summed E-state index contributed by atoms with van der Waals surface area (Å²) >= 11 is 0. The van der Waals surface area contributed by atoms with Crippen LogP contribution in [-0.2, 0) is 0 Å². The van der Waals surface area contributed by atoms with E-state index >= 15 is 0 Å². The summed E-state index contributed by atoms with van der Waals surface area (Å²) in [6.45, 7) is 1.78. The number of nitrogen functional groups attached to an aromatic ring is 1. The zero-order chi connectivity index (χ0) is 20.4. The molecule has 2 fully saturated rings. The van der Waals surface area contributed by atoms with Gasteiger partial charge in [0.25, 0.3) is 0 Å². The molecule has 0 bridgehead atoms. The van der Waals surface area contributed by atoms with Gasteiger partial charge in [-0.05, 0) is 17.9 Å². The number of benzene rings is 1. The number of anilines is 3. The molecule has 2 atom stereocenters. The minimum Gasteiger partial charge on any atom is -0.421 e. The largest absolute Gasteiger partial charge is 0.421 e. The van der Waals surface area contributed by atoms with E-state index in [9.17, 15) is 0 Å². The average molecular weight is 403 g/mol. The van der Waals surface area contributed by atoms with E-state index in [1.54, 1.807) is 0 Å². The molecule has 1 aliphatic carbocycles. The molecular weight excluding hydrogens is 382 g/mol. The Morgan fingerprint density at radius 1 is 1.17 bits per heavy atom. The predicted molar refractivity (Wildman–Crippen MR) is 115 cm³/mol. The second-order valence-electron chi connectivity index (χ2n) is 7.85. The van der Waals surface area contributed by atoms with E-state index in [1.807, 2.05) is 19.2 Å². The van der Waals surface area contributed by atoms with Gasteiger partial charge in [-0.15, -0.1) is 0 Å². The van der Waals surface area contributed by atoms with E-state index in [1.165, 1.54) is 12.4 Å². The first kappa shape index (κ1) is 17.2. The number of nitrogens with one attached hydrogen (secondary N) is 2. The summed E-state index contributed by atoms with van der Waals surface area (Å²) in [7, 11) is 1.90. The molecule has 1 aliphatic heterocycles. The van der Waals surface area contributed by atoms with Crippen LogP contribution in [0.4, 0.5) is 17.5 Å². The zero-order valence-electron chi connectivity index (χ0n) is 16.3. The van der Waals surface area contributed by atoms with Crippen molar-refractivity contribution in [3.8, 4) is 11.8 Å². The molecule has 0 spiro atoms. The molecule has 6 rings (SSSR count). The lowest BCUT2D eigenvalue weighted by molar-refractivity contribution is 0.440. The summed E-state index contributed by atoms with van der Waals surface area (Å²) in [6.07, 6.45) is 3.01. The molecule has 30 heavy (non-hydrogen) atoms. The third-order valence-corrected chi connectivity index (χ3v) is 6.13. The first-order chi connectivity index (χ1) is 14.6. The lowest BCUT2D eigenvalue weighted by Gasteiger charge is -2.21. The number of fused-ring (bicyclic) bond motifs is 4. The molecule has 152 valence electrons. The second kappa shape index (κ2) is 6.17. The van der Waals surface area contributed by atoms with Gasteiger partial charge in [0.15, 0.2) is 5.75 Å². The minimum atomic E-state index is 0.183. The monoisotopic (exact) mass is 403 g/mol. The number of ether oxygens (including phenoxy) is 1. The van der Waals surface area contributed by atoms with Crippen LogP contribution in [0.3, 0.4) is 0 Å². The fraction of sp³-hybridized carbons (Fsp3) is 0.300. The van der Waals surface area contributed by atoms with Crippen molar-refractivity contribution in [1.29, 1.82) is 0 Å². The van der Waals surface area contributed by atoms with Gasteiger partial charge in [-0.2, -0.15) is 9.97 Å². The maximum atomic E-state index is 6.15. The number of hydrogen-bond donors (Lipinski definition) is 4. The number of aromatic amines is 1. The van der Waals surface area contributed by atoms with Crippen LogP contribution in [0.1, 0.15) is 0 Å². The molecule has 3 aromatic heterocycles. The summed E-state index contributed by atoms with van der Waals surface area (Å²) in [6, 6.07) is 6.67. The van der Waals surface area contributed by atoms with Gasteiger partial charge < -0.3 is 31.4 Å². The molecule has 10 heteroatoms. The summed E-state index contributed by atoms with van der Waals surface area (Å²) < 4.78 is 5.86. The molecule has 0 radical (unpaired) electrons. The number of rotatable bonds is 4. The fourth-order valence-electron chi connectivity index (χ4n) is 4.49. The fourth-order valence-corrected chi connectivity index (χ4v) is 4.49. The molecule has 4 aromatic rings. The van der Waals surface area contributed by atoms with Gasteiger partial charge in [0.05, 0.1) is 29.0 Å². The highest BCUT2D eigenvalue weighted by Crippen LogP contribution is 2.47. The Kier molecular flexibility index (Phi) is 3.54. The molecule has 0 amide bonds. The van der Waals surface area contributed by atoms with Crippen molar-refractivity contribution < 1.29 is 4.74 Å². The maximum Gasteiger partial charge on any atom is 0.326 e. The lowest BCUT2D eigenvalue weighted by atomic mass is 10.1. The maximum absolute atomic E-state index is 6.15. The summed E-state index contributed by atoms with van der Waals surface area (Å²) in [5.41, 5.74) is 14.4. The lowest BCUT2D eigenvalue weighted by Crippen LogP contribution is -2.29. The number of hydrogen-bond acceptors (Lipinski definition) is 9. The van der Waals surface area contributed by atoms with Crippen molar-refractivity contribution in [3.05, 3.63) is 30.6 Å². The van der Waals surface area contributed by atoms with E-state index < -0.39 is 0 Å². The van der Waals surface area contributed by atoms with Crippen LogP contribution in [0.25, 0.3) is 21.9 Å². The first-order valence-corrected chi connectivity index (χ1v) is 9.88. The minimum absolute atomic E-state index is 0.183. The van der Waals surface area contributed by atoms with Gasteiger partial charge in [-0.25, -0.2) is 9.97 Å². The smallest absolute Gasteiger partial charge is 0.326 e. The summed E-state index contributed by atoms with van der Waals surface area (Å²) in [4.78, 5) is 23.1. The highest BCUT2D eigenvalue weighted by atomic mass is 16.5. The van der Waals surface area contributed by atoms with Crippen molar-refractivity contribution in [2.75, 3.05) is 36.1 Å².